The molecule has 2 aromatic carbocycles. The lowest BCUT2D eigenvalue weighted by atomic mass is 9.93. The summed E-state index contributed by atoms with van der Waals surface area (Å²) in [5.41, 5.74) is 8.45. The Morgan fingerprint density at radius 1 is 0.655 bits per heavy atom. The van der Waals surface area contributed by atoms with E-state index < -0.39 is 0 Å². The Morgan fingerprint density at radius 3 is 1.79 bits per heavy atom. The molecule has 6 aromatic heterocycles. The smallest absolute Gasteiger partial charge is 0.155 e. The summed E-state index contributed by atoms with van der Waals surface area (Å²) >= 11 is 0. The number of rotatable bonds is 4. The summed E-state index contributed by atoms with van der Waals surface area (Å²) in [5, 5.41) is 38.9. The Hall–Kier alpha value is -5.72. The first-order valence-electron chi connectivity index (χ1n) is 18.9. The van der Waals surface area contributed by atoms with E-state index in [1.165, 1.54) is 6.07 Å². The quantitative estimate of drug-likeness (QED) is 0.180. The lowest BCUT2D eigenvalue weighted by Gasteiger charge is -2.21. The molecule has 2 aliphatic heterocycles. The third kappa shape index (κ3) is 8.03. The number of imidazole rings is 1. The van der Waals surface area contributed by atoms with Gasteiger partial charge < -0.3 is 15.0 Å². The molecular formula is C42H40Cl2F2N12. The van der Waals surface area contributed by atoms with Gasteiger partial charge in [-0.05, 0) is 137 Å². The van der Waals surface area contributed by atoms with E-state index >= 15 is 4.39 Å². The molecule has 0 spiro atoms. The second kappa shape index (κ2) is 17.0. The number of pyridine rings is 2. The second-order valence-electron chi connectivity index (χ2n) is 14.6. The lowest BCUT2D eigenvalue weighted by molar-refractivity contribution is 0.451. The normalized spacial score (nSPS) is 14.8. The molecule has 2 N–H and O–H groups in total. The van der Waals surface area contributed by atoms with Gasteiger partial charge in [0.2, 0.25) is 0 Å². The molecule has 0 amide bonds. The van der Waals surface area contributed by atoms with Crippen LogP contribution in [0.25, 0.3) is 55.4 Å². The monoisotopic (exact) mass is 820 g/mol. The average molecular weight is 822 g/mol. The maximum Gasteiger partial charge on any atom is 0.155 e. The molecule has 0 bridgehead atoms. The van der Waals surface area contributed by atoms with Crippen LogP contribution in [0.5, 0.6) is 0 Å². The third-order valence-corrected chi connectivity index (χ3v) is 10.8. The number of nitrogens with zero attached hydrogens (tertiary/aromatic N) is 10. The first kappa shape index (κ1) is 40.5. The predicted molar refractivity (Wildman–Crippen MR) is 224 cm³/mol. The van der Waals surface area contributed by atoms with Crippen molar-refractivity contribution in [3.05, 3.63) is 113 Å². The minimum absolute atomic E-state index is 0. The average Bonchev–Trinajstić information content (AvgIpc) is 3.81. The minimum Gasteiger partial charge on any atom is -0.317 e. The van der Waals surface area contributed by atoms with E-state index in [4.69, 9.17) is 0 Å². The summed E-state index contributed by atoms with van der Waals surface area (Å²) in [6.07, 6.45) is 9.55. The van der Waals surface area contributed by atoms with Gasteiger partial charge in [-0.15, -0.1) is 24.8 Å². The van der Waals surface area contributed by atoms with Crippen molar-refractivity contribution in [3.63, 3.8) is 0 Å². The van der Waals surface area contributed by atoms with Gasteiger partial charge in [-0.1, -0.05) is 0 Å². The molecule has 2 aliphatic rings. The van der Waals surface area contributed by atoms with Gasteiger partial charge in [0.25, 0.3) is 0 Å². The lowest BCUT2D eigenvalue weighted by Crippen LogP contribution is -2.27. The van der Waals surface area contributed by atoms with Crippen LogP contribution in [-0.2, 0) is 0 Å². The Labute approximate surface area is 345 Å². The molecule has 0 saturated carbocycles. The number of fused-ring (bicyclic) bond motifs is 4. The van der Waals surface area contributed by atoms with E-state index in [0.717, 1.165) is 91.3 Å². The first-order chi connectivity index (χ1) is 27.3. The van der Waals surface area contributed by atoms with Crippen molar-refractivity contribution in [2.75, 3.05) is 26.2 Å². The predicted octanol–water partition coefficient (Wildman–Crippen LogP) is 7.83. The fourth-order valence-corrected chi connectivity index (χ4v) is 7.83. The molecule has 16 heteroatoms. The van der Waals surface area contributed by atoms with Crippen molar-refractivity contribution in [3.8, 4) is 28.3 Å². The molecule has 0 atom stereocenters. The summed E-state index contributed by atoms with van der Waals surface area (Å²) in [4.78, 5) is 8.70. The van der Waals surface area contributed by atoms with Gasteiger partial charge in [0.1, 0.15) is 23.5 Å². The topological polar surface area (TPSA) is 147 Å². The molecule has 10 rings (SSSR count). The van der Waals surface area contributed by atoms with Crippen LogP contribution in [0.15, 0.2) is 73.2 Å². The first-order valence-corrected chi connectivity index (χ1v) is 18.9. The standard InChI is InChI=1S/C22H19FN6.C20H19FN6.2ClH/c1-13-11-29-12-17(6-16(10-24)22(29)26-13)15-7-19(23)18-9-20(27-28-21(18)8-15)14-2-4-25-5-3-14;1-12-23-20-3-2-14(11-27(20)26-12)15-8-17(21)16-10-18(24-25-19(16)9-15)13-4-6-22-7-5-13;;/h6-9,11-12,14,25H,2-5H2,1H3;2-3,8-11,13,22H,4-7H2,1H3;2*1H. The third-order valence-electron chi connectivity index (χ3n) is 10.8. The van der Waals surface area contributed by atoms with E-state index in [2.05, 4.69) is 52.2 Å². The van der Waals surface area contributed by atoms with E-state index in [9.17, 15) is 9.65 Å². The molecule has 2 saturated heterocycles. The number of nitrogens with one attached hydrogen (secondary N) is 2. The van der Waals surface area contributed by atoms with Gasteiger partial charge in [-0.3, -0.25) is 0 Å². The van der Waals surface area contributed by atoms with Crippen molar-refractivity contribution in [1.82, 2.24) is 55.0 Å². The van der Waals surface area contributed by atoms with Crippen LogP contribution in [0, 0.1) is 36.8 Å². The molecule has 0 unspecified atom stereocenters. The number of aromatic nitrogens is 9. The van der Waals surface area contributed by atoms with Crippen LogP contribution in [0.4, 0.5) is 8.78 Å². The van der Waals surface area contributed by atoms with Crippen LogP contribution >= 0.6 is 24.8 Å². The molecular weight excluding hydrogens is 781 g/mol. The highest BCUT2D eigenvalue weighted by atomic mass is 35.5. The van der Waals surface area contributed by atoms with Crippen LogP contribution < -0.4 is 10.6 Å². The maximum atomic E-state index is 15.0. The minimum atomic E-state index is -0.331. The van der Waals surface area contributed by atoms with Crippen molar-refractivity contribution in [2.45, 2.75) is 51.4 Å². The Balaban J connectivity index is 0.000000171. The highest BCUT2D eigenvalue weighted by Gasteiger charge is 2.21. The number of aryl methyl sites for hydroxylation is 2. The Bertz CT molecular complexity index is 2820. The zero-order chi connectivity index (χ0) is 38.3. The van der Waals surface area contributed by atoms with Crippen molar-refractivity contribution >= 4 is 57.9 Å². The van der Waals surface area contributed by atoms with Crippen LogP contribution in [-0.4, -0.2) is 70.6 Å². The molecule has 2 fully saturated rings. The molecule has 58 heavy (non-hydrogen) atoms. The zero-order valence-corrected chi connectivity index (χ0v) is 33.4. The van der Waals surface area contributed by atoms with Gasteiger partial charge >= 0.3 is 0 Å². The van der Waals surface area contributed by atoms with E-state index in [-0.39, 0.29) is 36.4 Å². The molecule has 0 aliphatic carbocycles. The largest absolute Gasteiger partial charge is 0.317 e. The number of benzene rings is 2. The van der Waals surface area contributed by atoms with E-state index in [0.29, 0.717) is 56.2 Å². The summed E-state index contributed by atoms with van der Waals surface area (Å²) in [5.74, 6) is 0.760. The molecule has 8 heterocycles. The Morgan fingerprint density at radius 2 is 1.22 bits per heavy atom. The highest BCUT2D eigenvalue weighted by Crippen LogP contribution is 2.32. The van der Waals surface area contributed by atoms with Crippen molar-refractivity contribution in [1.29, 1.82) is 5.26 Å². The van der Waals surface area contributed by atoms with Crippen LogP contribution in [0.3, 0.4) is 0 Å². The molecule has 0 radical (unpaired) electrons. The second-order valence-corrected chi connectivity index (χ2v) is 14.6. The number of hydrogen-bond donors (Lipinski definition) is 2. The highest BCUT2D eigenvalue weighted by molar-refractivity contribution is 5.86. The number of hydrogen-bond acceptors (Lipinski definition) is 10. The number of halogens is 4. The zero-order valence-electron chi connectivity index (χ0n) is 31.8. The number of piperidine rings is 2. The van der Waals surface area contributed by atoms with Crippen molar-refractivity contribution < 1.29 is 8.78 Å². The van der Waals surface area contributed by atoms with Gasteiger partial charge in [0.05, 0.1) is 33.7 Å². The summed E-state index contributed by atoms with van der Waals surface area (Å²) in [6.45, 7) is 7.55. The fourth-order valence-electron chi connectivity index (χ4n) is 7.83. The summed E-state index contributed by atoms with van der Waals surface area (Å²) in [6, 6.07) is 18.2. The molecule has 8 aromatic rings. The van der Waals surface area contributed by atoms with E-state index in [1.807, 2.05) is 68.8 Å². The fraction of sp³-hybridized carbons (Fsp3) is 0.286. The van der Waals surface area contributed by atoms with Crippen LogP contribution in [0.2, 0.25) is 0 Å². The van der Waals surface area contributed by atoms with E-state index in [1.54, 1.807) is 21.0 Å². The van der Waals surface area contributed by atoms with Gasteiger partial charge in [0.15, 0.2) is 11.3 Å². The number of nitriles is 1. The summed E-state index contributed by atoms with van der Waals surface area (Å²) < 4.78 is 33.4. The van der Waals surface area contributed by atoms with Gasteiger partial charge in [0, 0.05) is 46.8 Å². The van der Waals surface area contributed by atoms with Crippen molar-refractivity contribution in [2.24, 2.45) is 0 Å². The molecule has 296 valence electrons. The summed E-state index contributed by atoms with van der Waals surface area (Å²) in [7, 11) is 0. The SMILES string of the molecule is Cc1cn2cc(-c3cc(F)c4cc(C5CCNCC5)nnc4c3)cc(C#N)c2n1.Cc1nc2ccc(-c3cc(F)c4cc(C5CCNCC5)nnc4c3)cn2n1.Cl.Cl. The van der Waals surface area contributed by atoms with Gasteiger partial charge in [-0.2, -0.15) is 30.8 Å². The Kier molecular flexibility index (Phi) is 11.9. The molecule has 12 nitrogen and oxygen atoms in total. The van der Waals surface area contributed by atoms with Crippen LogP contribution in [0.1, 0.15) is 66.0 Å². The maximum absolute atomic E-state index is 15.0. The van der Waals surface area contributed by atoms with Gasteiger partial charge in [-0.25, -0.2) is 23.3 Å².